The molecule has 1 aliphatic rings. The van der Waals surface area contributed by atoms with Gasteiger partial charge in [-0.15, -0.1) is 0 Å². The summed E-state index contributed by atoms with van der Waals surface area (Å²) in [4.78, 5) is 15.0. The molecule has 6 nitrogen and oxygen atoms in total. The van der Waals surface area contributed by atoms with Crippen molar-refractivity contribution in [2.75, 3.05) is 20.1 Å². The summed E-state index contributed by atoms with van der Waals surface area (Å²) < 4.78 is 11.2. The van der Waals surface area contributed by atoms with Gasteiger partial charge in [0.1, 0.15) is 17.7 Å². The summed E-state index contributed by atoms with van der Waals surface area (Å²) in [5.41, 5.74) is 1.04. The molecule has 25 heavy (non-hydrogen) atoms. The van der Waals surface area contributed by atoms with Gasteiger partial charge < -0.3 is 19.5 Å². The number of nitrogens with zero attached hydrogens (tertiary/aromatic N) is 2. The maximum atomic E-state index is 13.3. The van der Waals surface area contributed by atoms with Gasteiger partial charge in [0.05, 0.1) is 6.04 Å². The number of nitrogens with one attached hydrogen (secondary N) is 1. The molecule has 0 bridgehead atoms. The normalized spacial score (nSPS) is 17.7. The SMILES string of the molecule is Cc1ccc(OC2(C(=O)N(C)[C@@H](C)c3ccon3)CCNCC2)cc1. The average molecular weight is 343 g/mol. The number of carbonyl (C=O) groups excluding carboxylic acids is 1. The van der Waals surface area contributed by atoms with Crippen molar-refractivity contribution < 1.29 is 14.1 Å². The maximum absolute atomic E-state index is 13.3. The molecule has 0 unspecified atom stereocenters. The van der Waals surface area contributed by atoms with Crippen molar-refractivity contribution in [2.24, 2.45) is 0 Å². The fourth-order valence-corrected chi connectivity index (χ4v) is 3.16. The highest BCUT2D eigenvalue weighted by atomic mass is 16.5. The van der Waals surface area contributed by atoms with Crippen molar-refractivity contribution in [1.29, 1.82) is 0 Å². The topological polar surface area (TPSA) is 67.6 Å². The third-order valence-corrected chi connectivity index (χ3v) is 4.92. The molecular formula is C19H25N3O3. The van der Waals surface area contributed by atoms with E-state index in [1.807, 2.05) is 38.1 Å². The quantitative estimate of drug-likeness (QED) is 0.904. The van der Waals surface area contributed by atoms with Crippen LogP contribution >= 0.6 is 0 Å². The largest absolute Gasteiger partial charge is 0.477 e. The van der Waals surface area contributed by atoms with Crippen molar-refractivity contribution in [1.82, 2.24) is 15.4 Å². The second kappa shape index (κ2) is 7.27. The smallest absolute Gasteiger partial charge is 0.267 e. The third-order valence-electron chi connectivity index (χ3n) is 4.92. The van der Waals surface area contributed by atoms with Crippen LogP contribution in [-0.4, -0.2) is 41.7 Å². The molecule has 1 aliphatic heterocycles. The first-order valence-electron chi connectivity index (χ1n) is 8.66. The van der Waals surface area contributed by atoms with E-state index in [1.54, 1.807) is 18.0 Å². The second-order valence-electron chi connectivity index (χ2n) is 6.68. The minimum Gasteiger partial charge on any atom is -0.477 e. The summed E-state index contributed by atoms with van der Waals surface area (Å²) in [6.07, 6.45) is 2.79. The van der Waals surface area contributed by atoms with Crippen molar-refractivity contribution in [3.8, 4) is 5.75 Å². The first kappa shape index (κ1) is 17.5. The van der Waals surface area contributed by atoms with E-state index >= 15 is 0 Å². The van der Waals surface area contributed by atoms with Gasteiger partial charge in [0, 0.05) is 26.0 Å². The van der Waals surface area contributed by atoms with Gasteiger partial charge in [-0.2, -0.15) is 0 Å². The monoisotopic (exact) mass is 343 g/mol. The van der Waals surface area contributed by atoms with E-state index in [0.29, 0.717) is 12.8 Å². The zero-order valence-corrected chi connectivity index (χ0v) is 15.0. The molecule has 1 aromatic heterocycles. The van der Waals surface area contributed by atoms with Gasteiger partial charge in [0.2, 0.25) is 0 Å². The Balaban J connectivity index is 1.83. The number of rotatable bonds is 5. The van der Waals surface area contributed by atoms with Gasteiger partial charge in [-0.1, -0.05) is 22.9 Å². The predicted octanol–water partition coefficient (Wildman–Crippen LogP) is 2.70. The zero-order chi connectivity index (χ0) is 17.9. The molecule has 1 fully saturated rings. The minimum atomic E-state index is -0.854. The van der Waals surface area contributed by atoms with Gasteiger partial charge in [-0.05, 0) is 39.1 Å². The fraction of sp³-hybridized carbons (Fsp3) is 0.474. The highest BCUT2D eigenvalue weighted by molar-refractivity contribution is 5.86. The Morgan fingerprint density at radius 1 is 1.28 bits per heavy atom. The Hall–Kier alpha value is -2.34. The van der Waals surface area contributed by atoms with E-state index in [2.05, 4.69) is 10.5 Å². The van der Waals surface area contributed by atoms with Gasteiger partial charge in [0.25, 0.3) is 5.91 Å². The van der Waals surface area contributed by atoms with E-state index in [4.69, 9.17) is 9.26 Å². The number of aromatic nitrogens is 1. The average Bonchev–Trinajstić information content (AvgIpc) is 3.17. The molecule has 134 valence electrons. The summed E-state index contributed by atoms with van der Waals surface area (Å²) in [6, 6.07) is 9.44. The van der Waals surface area contributed by atoms with E-state index in [-0.39, 0.29) is 11.9 Å². The van der Waals surface area contributed by atoms with Crippen molar-refractivity contribution in [3.63, 3.8) is 0 Å². The molecule has 2 heterocycles. The number of likely N-dealkylation sites (N-methyl/N-ethyl adjacent to an activating group) is 1. The molecule has 0 radical (unpaired) electrons. The number of benzene rings is 1. The van der Waals surface area contributed by atoms with E-state index in [9.17, 15) is 4.79 Å². The first-order chi connectivity index (χ1) is 12.0. The minimum absolute atomic E-state index is 0.0231. The Kier molecular flexibility index (Phi) is 5.08. The van der Waals surface area contributed by atoms with E-state index < -0.39 is 5.60 Å². The Bertz CT molecular complexity index is 691. The van der Waals surface area contributed by atoms with Gasteiger partial charge in [-0.25, -0.2) is 0 Å². The molecule has 0 aliphatic carbocycles. The molecular weight excluding hydrogens is 318 g/mol. The summed E-state index contributed by atoms with van der Waals surface area (Å²) in [7, 11) is 1.80. The molecule has 1 aromatic carbocycles. The number of aryl methyl sites for hydroxylation is 1. The lowest BCUT2D eigenvalue weighted by Gasteiger charge is -2.40. The number of carbonyl (C=O) groups is 1. The Labute approximate surface area is 148 Å². The first-order valence-corrected chi connectivity index (χ1v) is 8.66. The highest BCUT2D eigenvalue weighted by Gasteiger charge is 2.45. The van der Waals surface area contributed by atoms with Crippen molar-refractivity contribution >= 4 is 5.91 Å². The maximum Gasteiger partial charge on any atom is 0.267 e. The van der Waals surface area contributed by atoms with Crippen LogP contribution in [-0.2, 0) is 4.79 Å². The van der Waals surface area contributed by atoms with Gasteiger partial charge in [-0.3, -0.25) is 4.79 Å². The summed E-state index contributed by atoms with van der Waals surface area (Å²) >= 11 is 0. The lowest BCUT2D eigenvalue weighted by atomic mass is 9.89. The Morgan fingerprint density at radius 2 is 1.96 bits per heavy atom. The molecule has 1 amide bonds. The van der Waals surface area contributed by atoms with Crippen LogP contribution in [0.2, 0.25) is 0 Å². The molecule has 2 aromatic rings. The highest BCUT2D eigenvalue weighted by Crippen LogP contribution is 2.31. The number of hydrogen-bond acceptors (Lipinski definition) is 5. The van der Waals surface area contributed by atoms with Crippen LogP contribution in [0.5, 0.6) is 5.75 Å². The van der Waals surface area contributed by atoms with Crippen molar-refractivity contribution in [3.05, 3.63) is 47.9 Å². The number of hydrogen-bond donors (Lipinski definition) is 1. The summed E-state index contributed by atoms with van der Waals surface area (Å²) in [5, 5.41) is 7.27. The third kappa shape index (κ3) is 3.69. The molecule has 3 rings (SSSR count). The molecule has 0 saturated carbocycles. The van der Waals surface area contributed by atoms with Crippen LogP contribution in [0.3, 0.4) is 0 Å². The lowest BCUT2D eigenvalue weighted by molar-refractivity contribution is -0.151. The fourth-order valence-electron chi connectivity index (χ4n) is 3.16. The standard InChI is InChI=1S/C19H25N3O3/c1-14-4-6-16(7-5-14)25-19(9-11-20-12-10-19)18(23)22(3)15(2)17-8-13-24-21-17/h4-8,13,15,20H,9-12H2,1-3H3/t15-/m0/s1. The lowest BCUT2D eigenvalue weighted by Crippen LogP contribution is -2.57. The molecule has 1 N–H and O–H groups in total. The van der Waals surface area contributed by atoms with Gasteiger partial charge in [0.15, 0.2) is 5.60 Å². The van der Waals surface area contributed by atoms with Crippen LogP contribution < -0.4 is 10.1 Å². The van der Waals surface area contributed by atoms with E-state index in [1.165, 1.54) is 6.26 Å². The van der Waals surface area contributed by atoms with Gasteiger partial charge >= 0.3 is 0 Å². The number of ether oxygens (including phenoxy) is 1. The molecule has 1 saturated heterocycles. The summed E-state index contributed by atoms with van der Waals surface area (Å²) in [6.45, 7) is 5.48. The molecule has 1 atom stereocenters. The number of amides is 1. The molecule has 6 heteroatoms. The second-order valence-corrected chi connectivity index (χ2v) is 6.68. The van der Waals surface area contributed by atoms with Crippen LogP contribution in [0.4, 0.5) is 0 Å². The number of piperidine rings is 1. The zero-order valence-electron chi connectivity index (χ0n) is 15.0. The van der Waals surface area contributed by atoms with E-state index in [0.717, 1.165) is 30.1 Å². The van der Waals surface area contributed by atoms with Crippen LogP contribution in [0, 0.1) is 6.92 Å². The van der Waals surface area contributed by atoms with Crippen LogP contribution in [0.25, 0.3) is 0 Å². The predicted molar refractivity (Wildman–Crippen MR) is 94.3 cm³/mol. The van der Waals surface area contributed by atoms with Crippen LogP contribution in [0.15, 0.2) is 41.1 Å². The summed E-state index contributed by atoms with van der Waals surface area (Å²) in [5.74, 6) is 0.702. The van der Waals surface area contributed by atoms with Crippen molar-refractivity contribution in [2.45, 2.75) is 38.3 Å². The molecule has 0 spiro atoms. The van der Waals surface area contributed by atoms with Crippen LogP contribution in [0.1, 0.15) is 37.1 Å². The Morgan fingerprint density at radius 3 is 2.56 bits per heavy atom.